The van der Waals surface area contributed by atoms with Crippen LogP contribution in [0.4, 0.5) is 4.39 Å². The van der Waals surface area contributed by atoms with Crippen molar-refractivity contribution >= 4 is 17.4 Å². The first-order valence-electron chi connectivity index (χ1n) is 13.8. The summed E-state index contributed by atoms with van der Waals surface area (Å²) >= 11 is 0. The van der Waals surface area contributed by atoms with Crippen molar-refractivity contribution in [3.8, 4) is 11.3 Å². The van der Waals surface area contributed by atoms with E-state index in [9.17, 15) is 9.59 Å². The molecule has 1 saturated carbocycles. The molecule has 0 radical (unpaired) electrons. The molecule has 3 heterocycles. The Labute approximate surface area is 227 Å². The lowest BCUT2D eigenvalue weighted by Gasteiger charge is -2.35. The van der Waals surface area contributed by atoms with Crippen molar-refractivity contribution in [3.05, 3.63) is 94.4 Å². The van der Waals surface area contributed by atoms with Gasteiger partial charge in [0.1, 0.15) is 5.82 Å². The fourth-order valence-electron chi connectivity index (χ4n) is 5.93. The average molecular weight is 526 g/mol. The summed E-state index contributed by atoms with van der Waals surface area (Å²) < 4.78 is 22.2. The number of fused-ring (bicyclic) bond motifs is 2. The van der Waals surface area contributed by atoms with Gasteiger partial charge in [0, 0.05) is 23.4 Å². The van der Waals surface area contributed by atoms with Gasteiger partial charge in [0.25, 0.3) is 5.91 Å². The molecule has 3 atom stereocenters. The second-order valence-electron chi connectivity index (χ2n) is 10.5. The van der Waals surface area contributed by atoms with E-state index in [-0.39, 0.29) is 35.6 Å². The summed E-state index contributed by atoms with van der Waals surface area (Å²) in [6, 6.07) is 19.0. The standard InChI is InChI=1S/C32H32FN3O3/c1-4-23-14-22(31(37)35-13-12-20-8-6-7-9-25(20)19(35)3)15-24-17-30(34-36(23)24)26-11-10-21(16-29(26)33)27-18-28(27)32(38)39-5-2/h6-11,14-17,19,27-28H,4-5,12-13,18H2,1-3H3/t19-,27?,28?/m1/s1. The molecule has 7 heteroatoms. The van der Waals surface area contributed by atoms with Gasteiger partial charge in [-0.25, -0.2) is 8.91 Å². The van der Waals surface area contributed by atoms with Crippen LogP contribution in [0.5, 0.6) is 0 Å². The number of carbonyl (C=O) groups excluding carboxylic acids is 2. The molecule has 1 amide bonds. The van der Waals surface area contributed by atoms with Crippen LogP contribution in [-0.4, -0.2) is 39.5 Å². The number of rotatable bonds is 6. The minimum Gasteiger partial charge on any atom is -0.466 e. The van der Waals surface area contributed by atoms with Gasteiger partial charge in [0.15, 0.2) is 0 Å². The molecule has 1 aliphatic carbocycles. The van der Waals surface area contributed by atoms with Crippen LogP contribution in [0.3, 0.4) is 0 Å². The number of amides is 1. The molecule has 0 saturated heterocycles. The van der Waals surface area contributed by atoms with Crippen LogP contribution in [0, 0.1) is 11.7 Å². The highest BCUT2D eigenvalue weighted by Crippen LogP contribution is 2.48. The van der Waals surface area contributed by atoms with Crippen molar-refractivity contribution in [1.29, 1.82) is 0 Å². The van der Waals surface area contributed by atoms with E-state index in [1.807, 2.05) is 48.2 Å². The molecule has 0 bridgehead atoms. The molecule has 2 aliphatic rings. The Morgan fingerprint density at radius 1 is 1.08 bits per heavy atom. The predicted molar refractivity (Wildman–Crippen MR) is 147 cm³/mol. The monoisotopic (exact) mass is 525 g/mol. The number of hydrogen-bond donors (Lipinski definition) is 0. The molecule has 0 spiro atoms. The van der Waals surface area contributed by atoms with Crippen molar-refractivity contribution in [2.45, 2.75) is 52.0 Å². The third kappa shape index (κ3) is 4.50. The summed E-state index contributed by atoms with van der Waals surface area (Å²) in [5, 5.41) is 4.71. The summed E-state index contributed by atoms with van der Waals surface area (Å²) in [5.74, 6) is -0.788. The van der Waals surface area contributed by atoms with Crippen molar-refractivity contribution in [1.82, 2.24) is 14.5 Å². The molecular weight excluding hydrogens is 493 g/mol. The van der Waals surface area contributed by atoms with Crippen LogP contribution in [0.2, 0.25) is 0 Å². The van der Waals surface area contributed by atoms with Gasteiger partial charge in [0.05, 0.1) is 29.8 Å². The Bertz CT molecular complexity index is 1590. The zero-order valence-electron chi connectivity index (χ0n) is 22.5. The SMILES string of the molecule is CCOC(=O)C1CC1c1ccc(-c2cc3cc(C(=O)N4CCc5ccccc5[C@H]4C)cc(CC)n3n2)c(F)c1. The number of halogens is 1. The number of aryl methyl sites for hydroxylation is 1. The van der Waals surface area contributed by atoms with E-state index in [4.69, 9.17) is 9.84 Å². The Balaban J connectivity index is 1.29. The van der Waals surface area contributed by atoms with Crippen LogP contribution in [0.15, 0.2) is 60.7 Å². The van der Waals surface area contributed by atoms with Crippen molar-refractivity contribution in [2.75, 3.05) is 13.2 Å². The van der Waals surface area contributed by atoms with Gasteiger partial charge < -0.3 is 9.64 Å². The minimum absolute atomic E-state index is 0.00178. The number of aromatic nitrogens is 2. The maximum Gasteiger partial charge on any atom is 0.309 e. The van der Waals surface area contributed by atoms with Gasteiger partial charge in [0.2, 0.25) is 0 Å². The minimum atomic E-state index is -0.374. The zero-order valence-corrected chi connectivity index (χ0v) is 22.5. The van der Waals surface area contributed by atoms with Crippen LogP contribution in [-0.2, 0) is 22.4 Å². The first kappa shape index (κ1) is 25.3. The number of esters is 1. The molecule has 2 aromatic heterocycles. The molecule has 39 heavy (non-hydrogen) atoms. The van der Waals surface area contributed by atoms with Gasteiger partial charge in [-0.2, -0.15) is 5.10 Å². The molecule has 0 N–H and O–H groups in total. The van der Waals surface area contributed by atoms with Gasteiger partial charge in [-0.3, -0.25) is 9.59 Å². The van der Waals surface area contributed by atoms with Crippen molar-refractivity contribution < 1.29 is 18.7 Å². The van der Waals surface area contributed by atoms with E-state index in [1.54, 1.807) is 17.5 Å². The molecular formula is C32H32FN3O3. The van der Waals surface area contributed by atoms with Crippen molar-refractivity contribution in [3.63, 3.8) is 0 Å². The van der Waals surface area contributed by atoms with E-state index in [1.165, 1.54) is 17.2 Å². The fraction of sp³-hybridized carbons (Fsp3) is 0.344. The first-order chi connectivity index (χ1) is 18.9. The third-order valence-corrected chi connectivity index (χ3v) is 8.18. The van der Waals surface area contributed by atoms with Gasteiger partial charge in [-0.1, -0.05) is 37.3 Å². The number of nitrogens with zero attached hydrogens (tertiary/aromatic N) is 3. The van der Waals surface area contributed by atoms with Crippen LogP contribution < -0.4 is 0 Å². The molecule has 4 aromatic rings. The van der Waals surface area contributed by atoms with E-state index >= 15 is 4.39 Å². The molecule has 200 valence electrons. The maximum absolute atomic E-state index is 15.3. The normalized spacial score (nSPS) is 20.1. The summed E-state index contributed by atoms with van der Waals surface area (Å²) in [6.07, 6.45) is 2.20. The summed E-state index contributed by atoms with van der Waals surface area (Å²) in [6.45, 7) is 6.91. The van der Waals surface area contributed by atoms with E-state index in [2.05, 4.69) is 19.1 Å². The zero-order chi connectivity index (χ0) is 27.3. The number of benzene rings is 2. The number of hydrogen-bond acceptors (Lipinski definition) is 4. The highest BCUT2D eigenvalue weighted by Gasteiger charge is 2.45. The third-order valence-electron chi connectivity index (χ3n) is 8.18. The quantitative estimate of drug-likeness (QED) is 0.284. The van der Waals surface area contributed by atoms with Crippen LogP contribution >= 0.6 is 0 Å². The topological polar surface area (TPSA) is 63.9 Å². The van der Waals surface area contributed by atoms with Crippen molar-refractivity contribution in [2.24, 2.45) is 5.92 Å². The number of carbonyl (C=O) groups is 2. The lowest BCUT2D eigenvalue weighted by Crippen LogP contribution is -2.38. The Kier molecular flexibility index (Phi) is 6.45. The molecule has 2 unspecified atom stereocenters. The largest absolute Gasteiger partial charge is 0.466 e. The summed E-state index contributed by atoms with van der Waals surface area (Å²) in [7, 11) is 0. The van der Waals surface area contributed by atoms with Crippen LogP contribution in [0.25, 0.3) is 16.8 Å². The van der Waals surface area contributed by atoms with Crippen LogP contribution in [0.1, 0.15) is 71.9 Å². The predicted octanol–water partition coefficient (Wildman–Crippen LogP) is 6.13. The molecule has 6 nitrogen and oxygen atoms in total. The first-order valence-corrected chi connectivity index (χ1v) is 13.8. The lowest BCUT2D eigenvalue weighted by atomic mass is 9.93. The number of pyridine rings is 1. The highest BCUT2D eigenvalue weighted by atomic mass is 19.1. The molecule has 1 aliphatic heterocycles. The molecule has 1 fully saturated rings. The van der Waals surface area contributed by atoms with E-state index in [0.29, 0.717) is 42.8 Å². The van der Waals surface area contributed by atoms with Gasteiger partial charge >= 0.3 is 5.97 Å². The molecule has 2 aromatic carbocycles. The fourth-order valence-corrected chi connectivity index (χ4v) is 5.93. The van der Waals surface area contributed by atoms with E-state index < -0.39 is 0 Å². The smallest absolute Gasteiger partial charge is 0.309 e. The lowest BCUT2D eigenvalue weighted by molar-refractivity contribution is -0.144. The maximum atomic E-state index is 15.3. The second-order valence-corrected chi connectivity index (χ2v) is 10.5. The Morgan fingerprint density at radius 2 is 1.90 bits per heavy atom. The highest BCUT2D eigenvalue weighted by molar-refractivity contribution is 5.96. The summed E-state index contributed by atoms with van der Waals surface area (Å²) in [5.41, 5.74) is 6.46. The Hall–Kier alpha value is -4.00. The number of ether oxygens (including phenoxy) is 1. The Morgan fingerprint density at radius 3 is 2.67 bits per heavy atom. The average Bonchev–Trinajstić information content (AvgIpc) is 3.64. The van der Waals surface area contributed by atoms with E-state index in [0.717, 1.165) is 23.2 Å². The van der Waals surface area contributed by atoms with Gasteiger partial charge in [-0.15, -0.1) is 0 Å². The molecule has 6 rings (SSSR count). The van der Waals surface area contributed by atoms with Gasteiger partial charge in [-0.05, 0) is 86.1 Å². The second kappa shape index (κ2) is 9.95. The summed E-state index contributed by atoms with van der Waals surface area (Å²) in [4.78, 5) is 27.6.